The van der Waals surface area contributed by atoms with Gasteiger partial charge >= 0.3 is 0 Å². The Bertz CT molecular complexity index is 499. The van der Waals surface area contributed by atoms with E-state index in [1.165, 1.54) is 16.1 Å². The quantitative estimate of drug-likeness (QED) is 0.634. The lowest BCUT2D eigenvalue weighted by molar-refractivity contribution is 0.742. The molecule has 2 rings (SSSR count). The van der Waals surface area contributed by atoms with Crippen molar-refractivity contribution in [1.29, 1.82) is 0 Å². The van der Waals surface area contributed by atoms with Crippen molar-refractivity contribution >= 4 is 11.3 Å². The van der Waals surface area contributed by atoms with Crippen LogP contribution in [0.1, 0.15) is 10.6 Å². The lowest BCUT2D eigenvalue weighted by atomic mass is 10.1. The fourth-order valence-electron chi connectivity index (χ4n) is 1.68. The van der Waals surface area contributed by atoms with Gasteiger partial charge in [0.2, 0.25) is 0 Å². The van der Waals surface area contributed by atoms with E-state index in [-0.39, 0.29) is 0 Å². The van der Waals surface area contributed by atoms with Gasteiger partial charge < -0.3 is 5.32 Å². The van der Waals surface area contributed by atoms with Gasteiger partial charge in [0.15, 0.2) is 0 Å². The van der Waals surface area contributed by atoms with Crippen molar-refractivity contribution in [1.82, 2.24) is 10.3 Å². The molecule has 0 spiro atoms. The highest BCUT2D eigenvalue weighted by atomic mass is 32.1. The zero-order valence-corrected chi connectivity index (χ0v) is 11.5. The minimum atomic E-state index is 0.857. The molecule has 0 aliphatic carbocycles. The Hall–Kier alpha value is -1.45. The average molecular weight is 258 g/mol. The summed E-state index contributed by atoms with van der Waals surface area (Å²) >= 11 is 1.73. The number of hydrogen-bond acceptors (Lipinski definition) is 3. The first-order chi connectivity index (χ1) is 8.79. The predicted octanol–water partition coefficient (Wildman–Crippen LogP) is 3.44. The minimum absolute atomic E-state index is 0.857. The molecule has 0 fully saturated rings. The van der Waals surface area contributed by atoms with Gasteiger partial charge in [-0.05, 0) is 6.92 Å². The molecule has 0 saturated carbocycles. The van der Waals surface area contributed by atoms with E-state index in [4.69, 9.17) is 0 Å². The molecule has 0 amide bonds. The normalized spacial score (nSPS) is 10.5. The first-order valence-electron chi connectivity index (χ1n) is 6.12. The second-order valence-corrected chi connectivity index (χ2v) is 5.18. The van der Waals surface area contributed by atoms with Gasteiger partial charge in [-0.2, -0.15) is 0 Å². The highest BCUT2D eigenvalue weighted by molar-refractivity contribution is 7.09. The van der Waals surface area contributed by atoms with Crippen LogP contribution in [0.2, 0.25) is 0 Å². The maximum atomic E-state index is 4.66. The fraction of sp³-hybridized carbons (Fsp3) is 0.267. The third-order valence-corrected chi connectivity index (χ3v) is 3.61. The first-order valence-corrected chi connectivity index (χ1v) is 7.00. The van der Waals surface area contributed by atoms with Crippen LogP contribution in [-0.4, -0.2) is 18.1 Å². The van der Waals surface area contributed by atoms with Crippen LogP contribution in [0.3, 0.4) is 0 Å². The van der Waals surface area contributed by atoms with Crippen LogP contribution in [0.25, 0.3) is 11.3 Å². The Kier molecular flexibility index (Phi) is 4.67. The van der Waals surface area contributed by atoms with Gasteiger partial charge in [0.05, 0.1) is 10.7 Å². The Morgan fingerprint density at radius 1 is 1.33 bits per heavy atom. The molecule has 0 aliphatic heterocycles. The molecule has 1 aromatic heterocycles. The summed E-state index contributed by atoms with van der Waals surface area (Å²) in [4.78, 5) is 4.66. The number of nitrogens with zero attached hydrogens (tertiary/aromatic N) is 1. The molecule has 2 aromatic rings. The summed E-state index contributed by atoms with van der Waals surface area (Å²) in [5, 5.41) is 6.60. The number of aromatic nitrogens is 1. The number of benzene rings is 1. The zero-order valence-electron chi connectivity index (χ0n) is 10.6. The van der Waals surface area contributed by atoms with Crippen LogP contribution < -0.4 is 5.32 Å². The third-order valence-electron chi connectivity index (χ3n) is 2.70. The maximum Gasteiger partial charge on any atom is 0.0945 e. The van der Waals surface area contributed by atoms with Crippen LogP contribution in [0.5, 0.6) is 0 Å². The van der Waals surface area contributed by atoms with Crippen molar-refractivity contribution in [2.24, 2.45) is 0 Å². The molecule has 2 nitrogen and oxygen atoms in total. The van der Waals surface area contributed by atoms with Crippen LogP contribution in [0, 0.1) is 6.92 Å². The summed E-state index contributed by atoms with van der Waals surface area (Å²) in [7, 11) is 0. The van der Waals surface area contributed by atoms with Crippen LogP contribution in [0.15, 0.2) is 42.3 Å². The number of rotatable bonds is 6. The molecular weight excluding hydrogens is 240 g/mol. The number of nitrogens with one attached hydrogen (secondary N) is 1. The van der Waals surface area contributed by atoms with Crippen molar-refractivity contribution < 1.29 is 0 Å². The molecule has 1 aromatic carbocycles. The molecule has 0 unspecified atom stereocenters. The SMILES string of the molecule is C=CCNCCc1nc(-c2ccc(C)cc2)cs1. The van der Waals surface area contributed by atoms with E-state index in [0.29, 0.717) is 0 Å². The van der Waals surface area contributed by atoms with Gasteiger partial charge in [0, 0.05) is 30.5 Å². The molecule has 18 heavy (non-hydrogen) atoms. The van der Waals surface area contributed by atoms with E-state index < -0.39 is 0 Å². The predicted molar refractivity (Wildman–Crippen MR) is 79.1 cm³/mol. The Balaban J connectivity index is 1.97. The minimum Gasteiger partial charge on any atom is -0.313 e. The molecular formula is C15H18N2S. The Labute approximate surface area is 112 Å². The van der Waals surface area contributed by atoms with E-state index in [0.717, 1.165) is 25.2 Å². The number of hydrogen-bond donors (Lipinski definition) is 1. The van der Waals surface area contributed by atoms with Crippen molar-refractivity contribution in [2.75, 3.05) is 13.1 Å². The second-order valence-electron chi connectivity index (χ2n) is 4.24. The summed E-state index contributed by atoms with van der Waals surface area (Å²) in [6.07, 6.45) is 2.85. The van der Waals surface area contributed by atoms with Gasteiger partial charge in [0.1, 0.15) is 0 Å². The summed E-state index contributed by atoms with van der Waals surface area (Å²) in [5.74, 6) is 0. The topological polar surface area (TPSA) is 24.9 Å². The largest absolute Gasteiger partial charge is 0.313 e. The summed E-state index contributed by atoms with van der Waals surface area (Å²) in [6.45, 7) is 7.59. The molecule has 0 aliphatic rings. The van der Waals surface area contributed by atoms with E-state index >= 15 is 0 Å². The van der Waals surface area contributed by atoms with Gasteiger partial charge in [0.25, 0.3) is 0 Å². The molecule has 3 heteroatoms. The highest BCUT2D eigenvalue weighted by Gasteiger charge is 2.03. The van der Waals surface area contributed by atoms with E-state index in [2.05, 4.69) is 53.4 Å². The number of thiazole rings is 1. The lowest BCUT2D eigenvalue weighted by Crippen LogP contribution is -2.16. The molecule has 1 heterocycles. The highest BCUT2D eigenvalue weighted by Crippen LogP contribution is 2.22. The average Bonchev–Trinajstić information content (AvgIpc) is 2.84. The van der Waals surface area contributed by atoms with Crippen molar-refractivity contribution in [3.63, 3.8) is 0 Å². The zero-order chi connectivity index (χ0) is 12.8. The molecule has 0 bridgehead atoms. The third kappa shape index (κ3) is 3.52. The smallest absolute Gasteiger partial charge is 0.0945 e. The summed E-state index contributed by atoms with van der Waals surface area (Å²) < 4.78 is 0. The van der Waals surface area contributed by atoms with E-state index in [9.17, 15) is 0 Å². The van der Waals surface area contributed by atoms with Crippen molar-refractivity contribution in [3.05, 3.63) is 52.9 Å². The van der Waals surface area contributed by atoms with E-state index in [1.807, 2.05) is 6.08 Å². The maximum absolute atomic E-state index is 4.66. The monoisotopic (exact) mass is 258 g/mol. The van der Waals surface area contributed by atoms with Gasteiger partial charge in [-0.15, -0.1) is 17.9 Å². The summed E-state index contributed by atoms with van der Waals surface area (Å²) in [5.41, 5.74) is 3.56. The molecule has 0 atom stereocenters. The van der Waals surface area contributed by atoms with Crippen molar-refractivity contribution in [2.45, 2.75) is 13.3 Å². The van der Waals surface area contributed by atoms with E-state index in [1.54, 1.807) is 11.3 Å². The van der Waals surface area contributed by atoms with Crippen LogP contribution in [0.4, 0.5) is 0 Å². The molecule has 0 radical (unpaired) electrons. The molecule has 1 N–H and O–H groups in total. The van der Waals surface area contributed by atoms with Crippen LogP contribution >= 0.6 is 11.3 Å². The fourth-order valence-corrected chi connectivity index (χ4v) is 2.49. The Morgan fingerprint density at radius 2 is 2.11 bits per heavy atom. The van der Waals surface area contributed by atoms with Gasteiger partial charge in [-0.3, -0.25) is 0 Å². The second kappa shape index (κ2) is 6.47. The number of aryl methyl sites for hydroxylation is 1. The standard InChI is InChI=1S/C15H18N2S/c1-3-9-16-10-8-15-17-14(11-18-15)13-6-4-12(2)5-7-13/h3-7,11,16H,1,8-10H2,2H3. The summed E-state index contributed by atoms with van der Waals surface area (Å²) in [6, 6.07) is 8.51. The first kappa shape index (κ1) is 13.0. The van der Waals surface area contributed by atoms with Crippen LogP contribution in [-0.2, 0) is 6.42 Å². The lowest BCUT2D eigenvalue weighted by Gasteiger charge is -1.99. The van der Waals surface area contributed by atoms with Crippen molar-refractivity contribution in [3.8, 4) is 11.3 Å². The Morgan fingerprint density at radius 3 is 2.83 bits per heavy atom. The van der Waals surface area contributed by atoms with Gasteiger partial charge in [-0.1, -0.05) is 35.9 Å². The van der Waals surface area contributed by atoms with Gasteiger partial charge in [-0.25, -0.2) is 4.98 Å². The molecule has 94 valence electrons. The molecule has 0 saturated heterocycles.